The largest absolute Gasteiger partial charge is 0.444 e. The molecule has 0 aliphatic carbocycles. The Morgan fingerprint density at radius 3 is 2.10 bits per heavy atom. The monoisotopic (exact) mass is 422 g/mol. The van der Waals surface area contributed by atoms with Crippen molar-refractivity contribution in [2.24, 2.45) is 5.92 Å². The minimum Gasteiger partial charge on any atom is -0.444 e. The number of hydrogen-bond acceptors (Lipinski definition) is 5. The summed E-state index contributed by atoms with van der Waals surface area (Å²) >= 11 is 0. The Bertz CT molecular complexity index is 719. The van der Waals surface area contributed by atoms with Crippen molar-refractivity contribution in [1.29, 1.82) is 0 Å². The number of amides is 2. The van der Waals surface area contributed by atoms with Crippen molar-refractivity contribution in [3.05, 3.63) is 34.9 Å². The summed E-state index contributed by atoms with van der Waals surface area (Å²) in [4.78, 5) is 24.1. The number of carbonyl (C=O) groups excluding carboxylic acids is 2. The lowest BCUT2D eigenvalue weighted by molar-refractivity contribution is 0.0474. The Balaban J connectivity index is 2.85. The molecule has 3 N–H and O–H groups in total. The Labute approximate surface area is 180 Å². The average molecular weight is 423 g/mol. The second-order valence-electron chi connectivity index (χ2n) is 9.71. The van der Waals surface area contributed by atoms with E-state index in [9.17, 15) is 14.7 Å². The average Bonchev–Trinajstić information content (AvgIpc) is 2.55. The highest BCUT2D eigenvalue weighted by Crippen LogP contribution is 2.19. The smallest absolute Gasteiger partial charge is 0.407 e. The van der Waals surface area contributed by atoms with Crippen LogP contribution in [0.15, 0.2) is 18.2 Å². The number of carbonyl (C=O) groups is 2. The van der Waals surface area contributed by atoms with Crippen molar-refractivity contribution in [2.45, 2.75) is 85.6 Å². The molecule has 1 aromatic rings. The molecule has 0 aliphatic rings. The van der Waals surface area contributed by atoms with E-state index in [4.69, 9.17) is 9.47 Å². The van der Waals surface area contributed by atoms with Gasteiger partial charge in [-0.25, -0.2) is 9.59 Å². The third-order valence-electron chi connectivity index (χ3n) is 4.35. The molecule has 7 nitrogen and oxygen atoms in total. The molecule has 0 heterocycles. The highest BCUT2D eigenvalue weighted by Gasteiger charge is 2.24. The summed E-state index contributed by atoms with van der Waals surface area (Å²) in [6.45, 7) is 14.9. The van der Waals surface area contributed by atoms with Gasteiger partial charge >= 0.3 is 12.2 Å². The molecule has 1 rings (SSSR count). The molecule has 0 saturated heterocycles. The van der Waals surface area contributed by atoms with Crippen molar-refractivity contribution in [3.8, 4) is 0 Å². The molecule has 1 aromatic carbocycles. The maximum atomic E-state index is 12.1. The first-order valence-electron chi connectivity index (χ1n) is 10.4. The van der Waals surface area contributed by atoms with Gasteiger partial charge in [0.15, 0.2) is 0 Å². The minimum absolute atomic E-state index is 0.0934. The van der Waals surface area contributed by atoms with E-state index >= 15 is 0 Å². The van der Waals surface area contributed by atoms with E-state index in [1.807, 2.05) is 52.8 Å². The molecule has 0 fully saturated rings. The normalized spacial score (nSPS) is 13.9. The molecule has 30 heavy (non-hydrogen) atoms. The summed E-state index contributed by atoms with van der Waals surface area (Å²) in [5, 5.41) is 15.5. The van der Waals surface area contributed by atoms with Gasteiger partial charge in [0.2, 0.25) is 0 Å². The number of ether oxygens (including phenoxy) is 2. The molecule has 2 amide bonds. The van der Waals surface area contributed by atoms with Crippen LogP contribution >= 0.6 is 0 Å². The predicted octanol–water partition coefficient (Wildman–Crippen LogP) is 4.08. The Kier molecular flexibility index (Phi) is 9.15. The second kappa shape index (κ2) is 10.7. The van der Waals surface area contributed by atoms with Crippen LogP contribution in [-0.2, 0) is 22.4 Å². The molecular weight excluding hydrogens is 384 g/mol. The van der Waals surface area contributed by atoms with Gasteiger partial charge in [0.05, 0.1) is 0 Å². The zero-order valence-corrected chi connectivity index (χ0v) is 19.6. The summed E-state index contributed by atoms with van der Waals surface area (Å²) in [6.07, 6.45) is -0.447. The third-order valence-corrected chi connectivity index (χ3v) is 4.35. The van der Waals surface area contributed by atoms with Crippen LogP contribution in [0.3, 0.4) is 0 Å². The number of rotatable bonds is 7. The standard InChI is InChI=1S/C23H38N2O5/c1-15-9-10-17(13-24-20(27)29-22(3,4)5)18(11-15)12-19(14-26)16(2)25-21(28)30-23(6,7)8/h9-11,16,19,26H,12-14H2,1-8H3,(H,24,27)(H,25,28)/t16-,19+/m1/s1. The number of aliphatic hydroxyl groups excluding tert-OH is 1. The fourth-order valence-electron chi connectivity index (χ4n) is 2.89. The van der Waals surface area contributed by atoms with Crippen LogP contribution in [0.4, 0.5) is 9.59 Å². The number of benzene rings is 1. The molecule has 0 bridgehead atoms. The first-order chi connectivity index (χ1) is 13.7. The molecule has 0 aliphatic heterocycles. The number of hydrogen-bond donors (Lipinski definition) is 3. The molecular formula is C23H38N2O5. The summed E-state index contributed by atoms with van der Waals surface area (Å²) in [6, 6.07) is 5.68. The fourth-order valence-corrected chi connectivity index (χ4v) is 2.89. The first kappa shape index (κ1) is 25.8. The molecule has 0 aromatic heterocycles. The van der Waals surface area contributed by atoms with Crippen molar-refractivity contribution >= 4 is 12.2 Å². The molecule has 170 valence electrons. The van der Waals surface area contributed by atoms with E-state index in [1.165, 1.54) is 0 Å². The molecule has 0 spiro atoms. The van der Waals surface area contributed by atoms with E-state index in [1.54, 1.807) is 20.8 Å². The van der Waals surface area contributed by atoms with Crippen LogP contribution in [0.1, 0.15) is 65.2 Å². The van der Waals surface area contributed by atoms with Crippen LogP contribution in [0.2, 0.25) is 0 Å². The second-order valence-corrected chi connectivity index (χ2v) is 9.71. The number of aliphatic hydroxyl groups is 1. The van der Waals surface area contributed by atoms with Crippen molar-refractivity contribution < 1.29 is 24.2 Å². The van der Waals surface area contributed by atoms with Gasteiger partial charge in [0.1, 0.15) is 11.2 Å². The van der Waals surface area contributed by atoms with Gasteiger partial charge in [-0.15, -0.1) is 0 Å². The van der Waals surface area contributed by atoms with Gasteiger partial charge in [-0.2, -0.15) is 0 Å². The maximum Gasteiger partial charge on any atom is 0.407 e. The molecule has 0 unspecified atom stereocenters. The maximum absolute atomic E-state index is 12.1. The van der Waals surface area contributed by atoms with Gasteiger partial charge in [-0.3, -0.25) is 0 Å². The van der Waals surface area contributed by atoms with Gasteiger partial charge in [0, 0.05) is 25.1 Å². The van der Waals surface area contributed by atoms with E-state index in [-0.39, 0.29) is 18.6 Å². The zero-order chi connectivity index (χ0) is 23.1. The quantitative estimate of drug-likeness (QED) is 0.615. The predicted molar refractivity (Wildman–Crippen MR) is 117 cm³/mol. The SMILES string of the molecule is Cc1ccc(CNC(=O)OC(C)(C)C)c(C[C@@H](CO)[C@@H](C)NC(=O)OC(C)(C)C)c1. The van der Waals surface area contributed by atoms with Crippen LogP contribution in [0, 0.1) is 12.8 Å². The van der Waals surface area contributed by atoms with Crippen LogP contribution in [-0.4, -0.2) is 41.1 Å². The van der Waals surface area contributed by atoms with Crippen molar-refractivity contribution in [3.63, 3.8) is 0 Å². The van der Waals surface area contributed by atoms with E-state index in [0.29, 0.717) is 13.0 Å². The zero-order valence-electron chi connectivity index (χ0n) is 19.6. The van der Waals surface area contributed by atoms with Crippen molar-refractivity contribution in [1.82, 2.24) is 10.6 Å². The van der Waals surface area contributed by atoms with Gasteiger partial charge in [-0.1, -0.05) is 23.8 Å². The van der Waals surface area contributed by atoms with Crippen LogP contribution in [0.25, 0.3) is 0 Å². The molecule has 0 radical (unpaired) electrons. The van der Waals surface area contributed by atoms with E-state index in [0.717, 1.165) is 16.7 Å². The van der Waals surface area contributed by atoms with E-state index in [2.05, 4.69) is 10.6 Å². The fraction of sp³-hybridized carbons (Fsp3) is 0.652. The lowest BCUT2D eigenvalue weighted by Crippen LogP contribution is -2.43. The molecule has 7 heteroatoms. The Morgan fingerprint density at radius 1 is 1.00 bits per heavy atom. The third kappa shape index (κ3) is 9.96. The Hall–Kier alpha value is -2.28. The summed E-state index contributed by atoms with van der Waals surface area (Å²) in [5.74, 6) is -0.209. The topological polar surface area (TPSA) is 96.9 Å². The van der Waals surface area contributed by atoms with Crippen LogP contribution < -0.4 is 10.6 Å². The Morgan fingerprint density at radius 2 is 1.57 bits per heavy atom. The van der Waals surface area contributed by atoms with Crippen LogP contribution in [0.5, 0.6) is 0 Å². The van der Waals surface area contributed by atoms with E-state index < -0.39 is 23.4 Å². The van der Waals surface area contributed by atoms with Gasteiger partial charge in [-0.05, 0) is 72.9 Å². The molecule has 2 atom stereocenters. The lowest BCUT2D eigenvalue weighted by Gasteiger charge is -2.27. The lowest BCUT2D eigenvalue weighted by atomic mass is 9.90. The number of aryl methyl sites for hydroxylation is 1. The van der Waals surface area contributed by atoms with Gasteiger partial charge < -0.3 is 25.2 Å². The molecule has 0 saturated carbocycles. The number of alkyl carbamates (subject to hydrolysis) is 2. The van der Waals surface area contributed by atoms with Gasteiger partial charge in [0.25, 0.3) is 0 Å². The minimum atomic E-state index is -0.588. The highest BCUT2D eigenvalue weighted by atomic mass is 16.6. The van der Waals surface area contributed by atoms with Crippen molar-refractivity contribution in [2.75, 3.05) is 6.61 Å². The first-order valence-corrected chi connectivity index (χ1v) is 10.4. The number of nitrogens with one attached hydrogen (secondary N) is 2. The summed E-state index contributed by atoms with van der Waals surface area (Å²) in [5.41, 5.74) is 1.87. The highest BCUT2D eigenvalue weighted by molar-refractivity contribution is 5.68. The summed E-state index contributed by atoms with van der Waals surface area (Å²) < 4.78 is 10.6. The summed E-state index contributed by atoms with van der Waals surface area (Å²) in [7, 11) is 0.